The lowest BCUT2D eigenvalue weighted by atomic mass is 10.2. The Labute approximate surface area is 149 Å². The molecule has 0 atom stereocenters. The molecule has 6 heteroatoms. The van der Waals surface area contributed by atoms with Crippen molar-refractivity contribution in [3.63, 3.8) is 0 Å². The van der Waals surface area contributed by atoms with E-state index in [9.17, 15) is 13.2 Å². The van der Waals surface area contributed by atoms with Crippen LogP contribution in [0.1, 0.15) is 24.0 Å². The number of anilines is 1. The Hall–Kier alpha value is -2.18. The second-order valence-electron chi connectivity index (χ2n) is 6.16. The molecule has 0 aliphatic carbocycles. The van der Waals surface area contributed by atoms with Gasteiger partial charge in [0, 0.05) is 25.7 Å². The van der Waals surface area contributed by atoms with Crippen molar-refractivity contribution in [2.45, 2.75) is 31.6 Å². The molecular weight excluding hydrogens is 336 g/mol. The van der Waals surface area contributed by atoms with Crippen LogP contribution in [-0.4, -0.2) is 32.2 Å². The number of hydrogen-bond donors (Lipinski definition) is 1. The highest BCUT2D eigenvalue weighted by atomic mass is 32.2. The zero-order chi connectivity index (χ0) is 18.4. The standard InChI is InChI=1S/C19H24N2O3S/c1-15-9-11-18(12-10-15)25(23,24)21(3)13-5-8-19(22)20-17-7-4-6-16(2)14-17/h4,6-7,9-12,14H,5,8,13H2,1-3H3,(H,20,22). The number of amides is 1. The van der Waals surface area contributed by atoms with Crippen molar-refractivity contribution in [2.24, 2.45) is 0 Å². The second kappa shape index (κ2) is 8.27. The first-order chi connectivity index (χ1) is 11.8. The number of nitrogens with one attached hydrogen (secondary N) is 1. The molecule has 0 aliphatic rings. The third-order valence-electron chi connectivity index (χ3n) is 3.91. The second-order valence-corrected chi connectivity index (χ2v) is 8.21. The topological polar surface area (TPSA) is 66.5 Å². The van der Waals surface area contributed by atoms with Gasteiger partial charge in [0.15, 0.2) is 0 Å². The van der Waals surface area contributed by atoms with Crippen LogP contribution in [0.2, 0.25) is 0 Å². The van der Waals surface area contributed by atoms with Crippen molar-refractivity contribution >= 4 is 21.6 Å². The molecule has 2 aromatic carbocycles. The summed E-state index contributed by atoms with van der Waals surface area (Å²) in [5.74, 6) is -0.119. The minimum absolute atomic E-state index is 0.119. The molecule has 0 saturated heterocycles. The number of aryl methyl sites for hydroxylation is 2. The molecule has 134 valence electrons. The molecule has 25 heavy (non-hydrogen) atoms. The molecule has 0 aliphatic heterocycles. The number of sulfonamides is 1. The number of carbonyl (C=O) groups excluding carboxylic acids is 1. The molecule has 0 radical (unpaired) electrons. The summed E-state index contributed by atoms with van der Waals surface area (Å²) in [4.78, 5) is 12.3. The highest BCUT2D eigenvalue weighted by Crippen LogP contribution is 2.16. The van der Waals surface area contributed by atoms with E-state index in [0.717, 1.165) is 16.8 Å². The van der Waals surface area contributed by atoms with Gasteiger partial charge in [-0.3, -0.25) is 4.79 Å². The van der Waals surface area contributed by atoms with Gasteiger partial charge in [0.2, 0.25) is 15.9 Å². The van der Waals surface area contributed by atoms with E-state index in [1.165, 1.54) is 11.4 Å². The van der Waals surface area contributed by atoms with Gasteiger partial charge in [0.25, 0.3) is 0 Å². The van der Waals surface area contributed by atoms with E-state index in [1.807, 2.05) is 38.1 Å². The number of nitrogens with zero attached hydrogens (tertiary/aromatic N) is 1. The van der Waals surface area contributed by atoms with Gasteiger partial charge < -0.3 is 5.32 Å². The number of hydrogen-bond acceptors (Lipinski definition) is 3. The zero-order valence-electron chi connectivity index (χ0n) is 14.8. The molecule has 1 amide bonds. The molecule has 2 aromatic rings. The molecule has 0 fully saturated rings. The summed E-state index contributed by atoms with van der Waals surface area (Å²) in [7, 11) is -1.98. The lowest BCUT2D eigenvalue weighted by Crippen LogP contribution is -2.28. The summed E-state index contributed by atoms with van der Waals surface area (Å²) >= 11 is 0. The summed E-state index contributed by atoms with van der Waals surface area (Å²) in [6, 6.07) is 14.3. The Morgan fingerprint density at radius 3 is 2.36 bits per heavy atom. The Bertz CT molecular complexity index is 830. The molecule has 0 unspecified atom stereocenters. The van der Waals surface area contributed by atoms with Gasteiger partial charge in [0.05, 0.1) is 4.90 Å². The first kappa shape index (κ1) is 19.1. The van der Waals surface area contributed by atoms with Gasteiger partial charge in [-0.05, 0) is 50.1 Å². The van der Waals surface area contributed by atoms with Crippen molar-refractivity contribution in [1.82, 2.24) is 4.31 Å². The third kappa shape index (κ3) is 5.41. The maximum Gasteiger partial charge on any atom is 0.242 e. The van der Waals surface area contributed by atoms with Crippen LogP contribution in [0.25, 0.3) is 0 Å². The molecule has 1 N–H and O–H groups in total. The number of benzene rings is 2. The van der Waals surface area contributed by atoms with Crippen molar-refractivity contribution < 1.29 is 13.2 Å². The Morgan fingerprint density at radius 2 is 1.72 bits per heavy atom. The first-order valence-electron chi connectivity index (χ1n) is 8.18. The van der Waals surface area contributed by atoms with Crippen LogP contribution >= 0.6 is 0 Å². The predicted octanol–water partition coefficient (Wildman–Crippen LogP) is 3.34. The zero-order valence-corrected chi connectivity index (χ0v) is 15.6. The van der Waals surface area contributed by atoms with Crippen molar-refractivity contribution in [3.05, 3.63) is 59.7 Å². The molecule has 2 rings (SSSR count). The van der Waals surface area contributed by atoms with Crippen LogP contribution < -0.4 is 5.32 Å². The minimum Gasteiger partial charge on any atom is -0.326 e. The Kier molecular flexibility index (Phi) is 6.33. The molecule has 0 saturated carbocycles. The molecule has 0 bridgehead atoms. The highest BCUT2D eigenvalue weighted by molar-refractivity contribution is 7.89. The van der Waals surface area contributed by atoms with Crippen molar-refractivity contribution in [2.75, 3.05) is 18.9 Å². The maximum absolute atomic E-state index is 12.5. The van der Waals surface area contributed by atoms with Gasteiger partial charge in [-0.1, -0.05) is 29.8 Å². The van der Waals surface area contributed by atoms with Crippen LogP contribution in [0.4, 0.5) is 5.69 Å². The van der Waals surface area contributed by atoms with Gasteiger partial charge in [-0.2, -0.15) is 0 Å². The summed E-state index contributed by atoms with van der Waals surface area (Å²) in [6.45, 7) is 4.16. The smallest absolute Gasteiger partial charge is 0.242 e. The fourth-order valence-electron chi connectivity index (χ4n) is 2.42. The van der Waals surface area contributed by atoms with Crippen LogP contribution in [0, 0.1) is 13.8 Å². The summed E-state index contributed by atoms with van der Waals surface area (Å²) in [5, 5.41) is 2.83. The number of rotatable bonds is 7. The van der Waals surface area contributed by atoms with E-state index in [0.29, 0.717) is 6.42 Å². The van der Waals surface area contributed by atoms with Gasteiger partial charge >= 0.3 is 0 Å². The fraction of sp³-hybridized carbons (Fsp3) is 0.316. The van der Waals surface area contributed by atoms with E-state index < -0.39 is 10.0 Å². The molecule has 0 aromatic heterocycles. The molecule has 0 spiro atoms. The van der Waals surface area contributed by atoms with Crippen LogP contribution in [0.5, 0.6) is 0 Å². The monoisotopic (exact) mass is 360 g/mol. The fourth-order valence-corrected chi connectivity index (χ4v) is 3.63. The average Bonchev–Trinajstić information content (AvgIpc) is 2.55. The number of carbonyl (C=O) groups is 1. The summed E-state index contributed by atoms with van der Waals surface area (Å²) in [5.41, 5.74) is 2.83. The first-order valence-corrected chi connectivity index (χ1v) is 9.62. The van der Waals surface area contributed by atoms with Crippen LogP contribution in [-0.2, 0) is 14.8 Å². The van der Waals surface area contributed by atoms with Crippen molar-refractivity contribution in [3.8, 4) is 0 Å². The van der Waals surface area contributed by atoms with E-state index in [4.69, 9.17) is 0 Å². The minimum atomic E-state index is -3.52. The largest absolute Gasteiger partial charge is 0.326 e. The SMILES string of the molecule is Cc1ccc(S(=O)(=O)N(C)CCCC(=O)Nc2cccc(C)c2)cc1. The van der Waals surface area contributed by atoms with E-state index in [2.05, 4.69) is 5.32 Å². The quantitative estimate of drug-likeness (QED) is 0.823. The van der Waals surface area contributed by atoms with Gasteiger partial charge in [0.1, 0.15) is 0 Å². The van der Waals surface area contributed by atoms with Crippen LogP contribution in [0.3, 0.4) is 0 Å². The molecular formula is C19H24N2O3S. The summed E-state index contributed by atoms with van der Waals surface area (Å²) < 4.78 is 26.2. The normalized spacial score (nSPS) is 11.5. The predicted molar refractivity (Wildman–Crippen MR) is 100 cm³/mol. The lowest BCUT2D eigenvalue weighted by Gasteiger charge is -2.17. The Morgan fingerprint density at radius 1 is 1.04 bits per heavy atom. The lowest BCUT2D eigenvalue weighted by molar-refractivity contribution is -0.116. The van der Waals surface area contributed by atoms with E-state index in [-0.39, 0.29) is 23.8 Å². The molecule has 0 heterocycles. The van der Waals surface area contributed by atoms with E-state index >= 15 is 0 Å². The maximum atomic E-state index is 12.5. The average molecular weight is 360 g/mol. The van der Waals surface area contributed by atoms with E-state index in [1.54, 1.807) is 24.3 Å². The van der Waals surface area contributed by atoms with Gasteiger partial charge in [-0.15, -0.1) is 0 Å². The highest BCUT2D eigenvalue weighted by Gasteiger charge is 2.20. The third-order valence-corrected chi connectivity index (χ3v) is 5.78. The molecule has 5 nitrogen and oxygen atoms in total. The van der Waals surface area contributed by atoms with Gasteiger partial charge in [-0.25, -0.2) is 12.7 Å². The van der Waals surface area contributed by atoms with Crippen molar-refractivity contribution in [1.29, 1.82) is 0 Å². The van der Waals surface area contributed by atoms with Crippen LogP contribution in [0.15, 0.2) is 53.4 Å². The Balaban J connectivity index is 1.86. The summed E-state index contributed by atoms with van der Waals surface area (Å²) in [6.07, 6.45) is 0.723.